The molecule has 30 heavy (non-hydrogen) atoms. The molecule has 0 aliphatic carbocycles. The Morgan fingerprint density at radius 1 is 1.20 bits per heavy atom. The predicted molar refractivity (Wildman–Crippen MR) is 117 cm³/mol. The lowest BCUT2D eigenvalue weighted by Crippen LogP contribution is -2.47. The zero-order valence-electron chi connectivity index (χ0n) is 17.7. The lowest BCUT2D eigenvalue weighted by molar-refractivity contribution is -0.114. The number of likely N-dealkylation sites (tertiary alicyclic amines) is 1. The van der Waals surface area contributed by atoms with Crippen molar-refractivity contribution in [2.45, 2.75) is 37.1 Å². The van der Waals surface area contributed by atoms with Gasteiger partial charge in [-0.15, -0.1) is 0 Å². The molecule has 0 aromatic heterocycles. The van der Waals surface area contributed by atoms with Crippen LogP contribution in [0.5, 0.6) is 5.75 Å². The highest BCUT2D eigenvalue weighted by Gasteiger charge is 2.47. The summed E-state index contributed by atoms with van der Waals surface area (Å²) in [5.41, 5.74) is 3.35. The summed E-state index contributed by atoms with van der Waals surface area (Å²) in [6.07, 6.45) is 0.752. The number of nitrogens with one attached hydrogen (secondary N) is 1. The van der Waals surface area contributed by atoms with E-state index in [-0.39, 0.29) is 28.5 Å². The van der Waals surface area contributed by atoms with Gasteiger partial charge in [0.1, 0.15) is 10.6 Å². The van der Waals surface area contributed by atoms with Crippen LogP contribution in [0.15, 0.2) is 41.3 Å². The van der Waals surface area contributed by atoms with E-state index in [1.807, 2.05) is 19.1 Å². The van der Waals surface area contributed by atoms with Crippen molar-refractivity contribution in [1.29, 1.82) is 0 Å². The van der Waals surface area contributed by atoms with Crippen molar-refractivity contribution in [3.63, 3.8) is 0 Å². The van der Waals surface area contributed by atoms with Gasteiger partial charge in [-0.3, -0.25) is 9.10 Å². The second-order valence-electron chi connectivity index (χ2n) is 8.13. The van der Waals surface area contributed by atoms with E-state index >= 15 is 0 Å². The number of anilines is 2. The Labute approximate surface area is 177 Å². The summed E-state index contributed by atoms with van der Waals surface area (Å²) in [6, 6.07) is 10.5. The molecule has 2 aliphatic rings. The van der Waals surface area contributed by atoms with Crippen LogP contribution in [0.1, 0.15) is 30.4 Å². The number of aryl methyl sites for hydroxylation is 1. The van der Waals surface area contributed by atoms with E-state index < -0.39 is 10.0 Å². The summed E-state index contributed by atoms with van der Waals surface area (Å²) in [4.78, 5) is 13.8. The average molecular weight is 430 g/mol. The zero-order chi connectivity index (χ0) is 21.6. The van der Waals surface area contributed by atoms with Gasteiger partial charge in [0.2, 0.25) is 5.91 Å². The number of fused-ring (bicyclic) bond motifs is 3. The number of hydrogen-bond acceptors (Lipinski definition) is 5. The van der Waals surface area contributed by atoms with Crippen molar-refractivity contribution in [3.8, 4) is 5.75 Å². The maximum absolute atomic E-state index is 14.0. The minimum Gasteiger partial charge on any atom is -0.495 e. The maximum Gasteiger partial charge on any atom is 0.268 e. The van der Waals surface area contributed by atoms with Crippen LogP contribution in [0.25, 0.3) is 0 Å². The molecule has 0 spiro atoms. The van der Waals surface area contributed by atoms with Gasteiger partial charge in [0.25, 0.3) is 10.0 Å². The summed E-state index contributed by atoms with van der Waals surface area (Å²) in [5.74, 6) is 0.118. The number of ether oxygens (including phenoxy) is 1. The van der Waals surface area contributed by atoms with Crippen LogP contribution in [-0.4, -0.2) is 52.5 Å². The number of nitrogens with zero attached hydrogens (tertiary/aromatic N) is 2. The van der Waals surface area contributed by atoms with Crippen LogP contribution >= 0.6 is 0 Å². The SMILES string of the molecule is COc1ccc(NC(C)=O)cc1S(=O)(=O)N1c2ccc(C)cc2[C@@H]2CN(C)CC[C@H]21. The Hall–Kier alpha value is -2.58. The molecule has 1 saturated heterocycles. The first-order valence-electron chi connectivity index (χ1n) is 10.0. The van der Waals surface area contributed by atoms with E-state index in [1.165, 1.54) is 20.1 Å². The molecule has 1 fully saturated rings. The topological polar surface area (TPSA) is 78.9 Å². The molecule has 2 aromatic carbocycles. The highest BCUT2D eigenvalue weighted by molar-refractivity contribution is 7.93. The molecule has 8 heteroatoms. The number of methoxy groups -OCH3 is 1. The van der Waals surface area contributed by atoms with Gasteiger partial charge in [-0.05, 0) is 56.8 Å². The molecule has 0 saturated carbocycles. The van der Waals surface area contributed by atoms with E-state index in [9.17, 15) is 13.2 Å². The van der Waals surface area contributed by atoms with Gasteiger partial charge in [0.15, 0.2) is 0 Å². The molecule has 1 amide bonds. The number of carbonyl (C=O) groups excluding carboxylic acids is 1. The minimum absolute atomic E-state index is 0.0577. The number of benzene rings is 2. The number of sulfonamides is 1. The highest BCUT2D eigenvalue weighted by Crippen LogP contribution is 2.48. The molecular formula is C22H27N3O4S. The second kappa shape index (κ2) is 7.59. The first kappa shape index (κ1) is 20.7. The number of likely N-dealkylation sites (N-methyl/N-ethyl adjacent to an activating group) is 1. The number of piperidine rings is 1. The molecule has 4 rings (SSSR count). The van der Waals surface area contributed by atoms with E-state index in [2.05, 4.69) is 23.3 Å². The van der Waals surface area contributed by atoms with Crippen molar-refractivity contribution in [1.82, 2.24) is 4.90 Å². The lowest BCUT2D eigenvalue weighted by atomic mass is 9.89. The van der Waals surface area contributed by atoms with Crippen LogP contribution in [0.4, 0.5) is 11.4 Å². The third-order valence-corrected chi connectivity index (χ3v) is 7.78. The van der Waals surface area contributed by atoms with Crippen molar-refractivity contribution in [2.75, 3.05) is 36.9 Å². The lowest BCUT2D eigenvalue weighted by Gasteiger charge is -2.36. The number of carbonyl (C=O) groups is 1. The van der Waals surface area contributed by atoms with Gasteiger partial charge in [0, 0.05) is 25.1 Å². The van der Waals surface area contributed by atoms with Crippen molar-refractivity contribution >= 4 is 27.3 Å². The van der Waals surface area contributed by atoms with Crippen LogP contribution in [-0.2, 0) is 14.8 Å². The normalized spacial score (nSPS) is 21.1. The monoisotopic (exact) mass is 429 g/mol. The standard InChI is InChI=1S/C22H27N3O4S/c1-14-5-7-19-17(11-14)18-13-24(3)10-9-20(18)25(19)30(27,28)22-12-16(23-15(2)26)6-8-21(22)29-4/h5-8,11-12,18,20H,9-10,13H2,1-4H3,(H,23,26)/t18-,20+/m0/s1. The smallest absolute Gasteiger partial charge is 0.268 e. The summed E-state index contributed by atoms with van der Waals surface area (Å²) in [6.45, 7) is 5.07. The van der Waals surface area contributed by atoms with E-state index in [0.717, 1.165) is 36.3 Å². The number of hydrogen-bond donors (Lipinski definition) is 1. The van der Waals surface area contributed by atoms with Gasteiger partial charge in [0.05, 0.1) is 18.8 Å². The Kier molecular flexibility index (Phi) is 5.23. The molecular weight excluding hydrogens is 402 g/mol. The molecule has 2 aliphatic heterocycles. The van der Waals surface area contributed by atoms with Crippen LogP contribution in [0.3, 0.4) is 0 Å². The number of amides is 1. The first-order chi connectivity index (χ1) is 14.2. The quantitative estimate of drug-likeness (QED) is 0.808. The fraction of sp³-hybridized carbons (Fsp3) is 0.409. The van der Waals surface area contributed by atoms with Crippen molar-refractivity contribution < 1.29 is 17.9 Å². The second-order valence-corrected chi connectivity index (χ2v) is 9.92. The van der Waals surface area contributed by atoms with Crippen molar-refractivity contribution in [2.24, 2.45) is 0 Å². The predicted octanol–water partition coefficient (Wildman–Crippen LogP) is 2.96. The molecule has 160 valence electrons. The van der Waals surface area contributed by atoms with Gasteiger partial charge < -0.3 is 15.0 Å². The van der Waals surface area contributed by atoms with Crippen molar-refractivity contribution in [3.05, 3.63) is 47.5 Å². The van der Waals surface area contributed by atoms with E-state index in [4.69, 9.17) is 4.74 Å². The molecule has 2 atom stereocenters. The van der Waals surface area contributed by atoms with Crippen LogP contribution < -0.4 is 14.4 Å². The van der Waals surface area contributed by atoms with Crippen LogP contribution in [0, 0.1) is 6.92 Å². The molecule has 0 bridgehead atoms. The fourth-order valence-electron chi connectivity index (χ4n) is 4.61. The van der Waals surface area contributed by atoms with Gasteiger partial charge >= 0.3 is 0 Å². The summed E-state index contributed by atoms with van der Waals surface area (Å²) >= 11 is 0. The Morgan fingerprint density at radius 2 is 1.97 bits per heavy atom. The van der Waals surface area contributed by atoms with Gasteiger partial charge in [-0.2, -0.15) is 0 Å². The Morgan fingerprint density at radius 3 is 2.67 bits per heavy atom. The average Bonchev–Trinajstić information content (AvgIpc) is 3.01. The van der Waals surface area contributed by atoms with E-state index in [0.29, 0.717) is 5.69 Å². The highest BCUT2D eigenvalue weighted by atomic mass is 32.2. The third-order valence-electron chi connectivity index (χ3n) is 5.92. The molecule has 2 heterocycles. The van der Waals surface area contributed by atoms with Gasteiger partial charge in [-0.1, -0.05) is 17.7 Å². The molecule has 2 aromatic rings. The first-order valence-corrected chi connectivity index (χ1v) is 11.5. The number of rotatable bonds is 4. The fourth-order valence-corrected chi connectivity index (χ4v) is 6.54. The summed E-state index contributed by atoms with van der Waals surface area (Å²) in [5, 5.41) is 2.66. The summed E-state index contributed by atoms with van der Waals surface area (Å²) < 4.78 is 34.9. The maximum atomic E-state index is 14.0. The minimum atomic E-state index is -3.92. The largest absolute Gasteiger partial charge is 0.495 e. The molecule has 7 nitrogen and oxygen atoms in total. The van der Waals surface area contributed by atoms with Crippen LogP contribution in [0.2, 0.25) is 0 Å². The molecule has 0 radical (unpaired) electrons. The van der Waals surface area contributed by atoms with Gasteiger partial charge in [-0.25, -0.2) is 8.42 Å². The zero-order valence-corrected chi connectivity index (χ0v) is 18.5. The summed E-state index contributed by atoms with van der Waals surface area (Å²) in [7, 11) is -0.393. The Bertz CT molecular complexity index is 1100. The third kappa shape index (κ3) is 3.44. The molecule has 0 unspecified atom stereocenters. The van der Waals surface area contributed by atoms with E-state index in [1.54, 1.807) is 16.4 Å². The Balaban J connectivity index is 1.86. The molecule has 1 N–H and O–H groups in total.